The molecule has 0 aromatic heterocycles. The zero-order valence-corrected chi connectivity index (χ0v) is 45.8. The van der Waals surface area contributed by atoms with Gasteiger partial charge in [-0.05, 0) is 59.7 Å². The van der Waals surface area contributed by atoms with Crippen LogP contribution in [0.15, 0.2) is 78.9 Å². The Morgan fingerprint density at radius 1 is 0.541 bits per heavy atom. The minimum atomic E-state index is -2.95. The molecule has 0 radical (unpaired) electrons. The summed E-state index contributed by atoms with van der Waals surface area (Å²) in [6.45, 7) is -3.10. The minimum Gasteiger partial charge on any atom is -0.504 e. The van der Waals surface area contributed by atoms with Gasteiger partial charge in [0.05, 0.1) is 33.0 Å². The van der Waals surface area contributed by atoms with E-state index in [0.29, 0.717) is 5.56 Å². The molecule has 85 heavy (non-hydrogen) atoms. The van der Waals surface area contributed by atoms with Crippen molar-refractivity contribution >= 4 is 42.0 Å². The van der Waals surface area contributed by atoms with Gasteiger partial charge in [-0.25, -0.2) is 14.4 Å². The van der Waals surface area contributed by atoms with Crippen molar-refractivity contribution in [3.63, 3.8) is 0 Å². The summed E-state index contributed by atoms with van der Waals surface area (Å²) in [5.41, 5.74) is 0.427. The number of hydrogen-bond donors (Lipinski definition) is 11. The molecular formula is C55H66O30. The average Bonchev–Trinajstić information content (AvgIpc) is 2.16. The monoisotopic (exact) mass is 1210 g/mol. The SMILES string of the molecule is COc1cc(C=CC(=O)OC[C@@]2(O[C@H]3O[C@H](COC(C)=O)[C@H](OC(=O)C=Cc4ccc(O)c(OC)c4)[C@H](O[C@H]4O[C@H](COC(C)=O)[C@@H](O)[C@H](O)[C@H]4O)[C@H]3O[C@H]3O[C@@H](CO)[C@@H](O)[C@H](O)[C@H]3O)O[C@H](CO)[C@@H](O)[C@@H]2OC(=O)c2ccccc2)ccc1O. The molecule has 4 saturated heterocycles. The van der Waals surface area contributed by atoms with Gasteiger partial charge in [0.2, 0.25) is 5.79 Å². The lowest BCUT2D eigenvalue weighted by Crippen LogP contribution is -2.69. The van der Waals surface area contributed by atoms with Crippen LogP contribution >= 0.6 is 0 Å². The van der Waals surface area contributed by atoms with E-state index in [0.717, 1.165) is 26.0 Å². The van der Waals surface area contributed by atoms with Crippen LogP contribution in [0.25, 0.3) is 12.2 Å². The van der Waals surface area contributed by atoms with Crippen LogP contribution in [0.1, 0.15) is 35.3 Å². The molecule has 0 amide bonds. The van der Waals surface area contributed by atoms with Crippen molar-refractivity contribution in [3.05, 3.63) is 95.6 Å². The Hall–Kier alpha value is -6.95. The van der Waals surface area contributed by atoms with Gasteiger partial charge in [-0.3, -0.25) is 9.59 Å². The predicted octanol–water partition coefficient (Wildman–Crippen LogP) is -2.78. The van der Waals surface area contributed by atoms with Gasteiger partial charge in [0.15, 0.2) is 54.1 Å². The first-order valence-corrected chi connectivity index (χ1v) is 26.1. The van der Waals surface area contributed by atoms with E-state index in [1.165, 1.54) is 87.0 Å². The normalized spacial score (nSPS) is 33.0. The summed E-state index contributed by atoms with van der Waals surface area (Å²) in [6, 6.07) is 15.1. The first-order valence-electron chi connectivity index (χ1n) is 26.1. The van der Waals surface area contributed by atoms with Crippen LogP contribution in [0.3, 0.4) is 0 Å². The van der Waals surface area contributed by atoms with Crippen LogP contribution < -0.4 is 9.47 Å². The number of carbonyl (C=O) groups excluding carboxylic acids is 5. The highest BCUT2D eigenvalue weighted by atomic mass is 16.8. The van der Waals surface area contributed by atoms with Crippen molar-refractivity contribution < 1.29 is 146 Å². The smallest absolute Gasteiger partial charge is 0.338 e. The maximum absolute atomic E-state index is 14.2. The summed E-state index contributed by atoms with van der Waals surface area (Å²) in [6.07, 6.45) is -34.0. The number of esters is 5. The van der Waals surface area contributed by atoms with Crippen molar-refractivity contribution in [3.8, 4) is 23.0 Å². The lowest BCUT2D eigenvalue weighted by atomic mass is 9.95. The molecule has 7 rings (SSSR count). The number of methoxy groups -OCH3 is 2. The summed E-state index contributed by atoms with van der Waals surface area (Å²) >= 11 is 0. The number of phenolic OH excluding ortho intramolecular Hbond substituents is 2. The minimum absolute atomic E-state index is 0.00374. The van der Waals surface area contributed by atoms with Gasteiger partial charge in [-0.1, -0.05) is 30.3 Å². The van der Waals surface area contributed by atoms with Crippen LogP contribution in [0.2, 0.25) is 0 Å². The van der Waals surface area contributed by atoms with E-state index in [4.69, 9.17) is 66.3 Å². The number of benzene rings is 3. The second kappa shape index (κ2) is 29.4. The van der Waals surface area contributed by atoms with Gasteiger partial charge in [0, 0.05) is 26.0 Å². The van der Waals surface area contributed by atoms with Crippen molar-refractivity contribution in [1.29, 1.82) is 0 Å². The Morgan fingerprint density at radius 2 is 1.05 bits per heavy atom. The maximum Gasteiger partial charge on any atom is 0.338 e. The Labute approximate surface area is 483 Å². The molecule has 19 atom stereocenters. The lowest BCUT2D eigenvalue weighted by Gasteiger charge is -2.50. The van der Waals surface area contributed by atoms with Crippen LogP contribution in [0, 0.1) is 0 Å². The molecule has 3 aromatic rings. The van der Waals surface area contributed by atoms with Gasteiger partial charge in [-0.15, -0.1) is 0 Å². The van der Waals surface area contributed by atoms with Crippen LogP contribution in [0.4, 0.5) is 0 Å². The van der Waals surface area contributed by atoms with Gasteiger partial charge >= 0.3 is 29.8 Å². The van der Waals surface area contributed by atoms with Crippen LogP contribution in [0.5, 0.6) is 23.0 Å². The number of hydrogen-bond acceptors (Lipinski definition) is 30. The molecule has 0 aliphatic carbocycles. The fourth-order valence-electron chi connectivity index (χ4n) is 9.27. The number of aliphatic hydroxyl groups excluding tert-OH is 9. The molecule has 4 heterocycles. The number of aliphatic hydroxyl groups is 9. The molecule has 0 saturated carbocycles. The Kier molecular flexibility index (Phi) is 22.7. The molecule has 30 heteroatoms. The zero-order chi connectivity index (χ0) is 61.9. The van der Waals surface area contributed by atoms with E-state index in [9.17, 15) is 80.1 Å². The van der Waals surface area contributed by atoms with Gasteiger partial charge in [0.1, 0.15) is 99.2 Å². The van der Waals surface area contributed by atoms with Crippen molar-refractivity contribution in [2.24, 2.45) is 0 Å². The highest BCUT2D eigenvalue weighted by Gasteiger charge is 2.64. The first-order chi connectivity index (χ1) is 40.5. The summed E-state index contributed by atoms with van der Waals surface area (Å²) in [7, 11) is 2.55. The zero-order valence-electron chi connectivity index (χ0n) is 45.8. The molecule has 4 aliphatic rings. The molecule has 0 unspecified atom stereocenters. The van der Waals surface area contributed by atoms with Crippen LogP contribution in [-0.4, -0.2) is 249 Å². The standard InChI is InChI=1S/C55H66O30/c1-25(58)74-22-36-41(65)44(68)46(70)53(78-36)81-48-47(80-39(63)17-13-28-11-15-31(61)33(19-28)73-4)37(23-75-26(2)59)79-54(49(48)82-52-45(69)43(67)40(64)34(20-56)77-52)85-55(24-76-38(62)16-12-27-10-14-30(60)32(18-27)72-3)50(42(66)35(21-57)84-55)83-51(71)29-8-6-5-7-9-29/h5-19,34-37,40-50,52-54,56-57,60-61,64-70H,20-24H2,1-4H3/t34-,35+,36+,37+,40+,41+,42+,43-,44-,45+,46+,47-,48-,49+,50-,52+,53+,54+,55-/m0/s1. The third-order valence-electron chi connectivity index (χ3n) is 13.7. The second-order valence-corrected chi connectivity index (χ2v) is 19.6. The van der Waals surface area contributed by atoms with E-state index in [1.807, 2.05) is 0 Å². The highest BCUT2D eigenvalue weighted by molar-refractivity contribution is 5.90. The third kappa shape index (κ3) is 15.9. The number of rotatable bonds is 23. The lowest BCUT2D eigenvalue weighted by molar-refractivity contribution is -0.421. The number of ether oxygens (including phenoxy) is 14. The molecular weight excluding hydrogens is 1140 g/mol. The van der Waals surface area contributed by atoms with Gasteiger partial charge in [0.25, 0.3) is 0 Å². The Bertz CT molecular complexity index is 2810. The Morgan fingerprint density at radius 3 is 1.59 bits per heavy atom. The quantitative estimate of drug-likeness (QED) is 0.0260. The summed E-state index contributed by atoms with van der Waals surface area (Å²) < 4.78 is 81.8. The molecule has 4 fully saturated rings. The van der Waals surface area contributed by atoms with E-state index >= 15 is 0 Å². The van der Waals surface area contributed by atoms with E-state index in [-0.39, 0.29) is 34.1 Å². The number of carbonyl (C=O) groups is 5. The predicted molar refractivity (Wildman–Crippen MR) is 278 cm³/mol. The van der Waals surface area contributed by atoms with Gasteiger partial charge in [-0.2, -0.15) is 0 Å². The van der Waals surface area contributed by atoms with Crippen molar-refractivity contribution in [1.82, 2.24) is 0 Å². The molecule has 466 valence electrons. The fourth-order valence-corrected chi connectivity index (χ4v) is 9.27. The Balaban J connectivity index is 1.40. The largest absolute Gasteiger partial charge is 0.504 e. The summed E-state index contributed by atoms with van der Waals surface area (Å²) in [4.78, 5) is 66.6. The van der Waals surface area contributed by atoms with E-state index < -0.39 is 179 Å². The first kappa shape index (κ1) is 65.6. The molecule has 0 bridgehead atoms. The number of aromatic hydroxyl groups is 2. The molecule has 3 aromatic carbocycles. The van der Waals surface area contributed by atoms with Crippen molar-refractivity contribution in [2.45, 2.75) is 130 Å². The number of phenols is 2. The molecule has 11 N–H and O–H groups in total. The van der Waals surface area contributed by atoms with E-state index in [2.05, 4.69) is 0 Å². The molecule has 0 spiro atoms. The van der Waals surface area contributed by atoms with E-state index in [1.54, 1.807) is 6.07 Å². The third-order valence-corrected chi connectivity index (χ3v) is 13.7. The molecule has 30 nitrogen and oxygen atoms in total. The fraction of sp³-hybridized carbons (Fsp3) is 0.509. The second-order valence-electron chi connectivity index (χ2n) is 19.6. The highest BCUT2D eigenvalue weighted by Crippen LogP contribution is 2.42. The molecule has 4 aliphatic heterocycles. The summed E-state index contributed by atoms with van der Waals surface area (Å²) in [5.74, 6) is -8.92. The van der Waals surface area contributed by atoms with Gasteiger partial charge < -0.3 is 122 Å². The van der Waals surface area contributed by atoms with Crippen LogP contribution in [-0.2, 0) is 76.0 Å². The maximum atomic E-state index is 14.2. The topological polar surface area (TPSA) is 437 Å². The van der Waals surface area contributed by atoms with Crippen molar-refractivity contribution in [2.75, 3.05) is 47.3 Å². The summed E-state index contributed by atoms with van der Waals surface area (Å²) in [5, 5.41) is 120. The average molecular weight is 1210 g/mol.